The first-order valence-electron chi connectivity index (χ1n) is 14.4. The third-order valence-electron chi connectivity index (χ3n) is 6.58. The van der Waals surface area contributed by atoms with Crippen LogP contribution in [0, 0.1) is 5.92 Å². The fourth-order valence-corrected chi connectivity index (χ4v) is 4.36. The number of carbonyl (C=O) groups excluding carboxylic acids is 4. The second-order valence-electron chi connectivity index (χ2n) is 9.79. The van der Waals surface area contributed by atoms with Crippen LogP contribution >= 0.6 is 12.6 Å². The third-order valence-corrected chi connectivity index (χ3v) is 6.94. The summed E-state index contributed by atoms with van der Waals surface area (Å²) in [6.07, 6.45) is -0.624. The van der Waals surface area contributed by atoms with Crippen molar-refractivity contribution in [1.82, 2.24) is 20.9 Å². The summed E-state index contributed by atoms with van der Waals surface area (Å²) < 4.78 is 39.3. The van der Waals surface area contributed by atoms with Gasteiger partial charge in [-0.1, -0.05) is 39.8 Å². The average molecular weight is 635 g/mol. The van der Waals surface area contributed by atoms with Gasteiger partial charge in [0.1, 0.15) is 11.9 Å². The molecular formula is C29H48F2N4O7S. The van der Waals surface area contributed by atoms with Crippen LogP contribution in [0.25, 0.3) is 0 Å². The van der Waals surface area contributed by atoms with Crippen LogP contribution in [0.4, 0.5) is 8.78 Å². The Morgan fingerprint density at radius 2 is 1.79 bits per heavy atom. The van der Waals surface area contributed by atoms with Crippen molar-refractivity contribution in [3.05, 3.63) is 29.8 Å². The van der Waals surface area contributed by atoms with E-state index in [4.69, 9.17) is 19.1 Å². The Kier molecular flexibility index (Phi) is 21.5. The van der Waals surface area contributed by atoms with Gasteiger partial charge in [0, 0.05) is 31.9 Å². The summed E-state index contributed by atoms with van der Waals surface area (Å²) in [7, 11) is 1.66. The summed E-state index contributed by atoms with van der Waals surface area (Å²) in [5.41, 5.74) is 1.21. The Labute approximate surface area is 258 Å². The van der Waals surface area contributed by atoms with E-state index in [0.717, 1.165) is 17.9 Å². The van der Waals surface area contributed by atoms with Crippen LogP contribution in [0.2, 0.25) is 0 Å². The number of amides is 2. The van der Waals surface area contributed by atoms with E-state index in [1.54, 1.807) is 21.0 Å². The number of hydrogen-bond donors (Lipinski definition) is 5. The van der Waals surface area contributed by atoms with E-state index in [2.05, 4.69) is 28.6 Å². The second kappa shape index (κ2) is 22.9. The van der Waals surface area contributed by atoms with E-state index < -0.39 is 41.8 Å². The molecule has 0 aliphatic carbocycles. The number of methoxy groups -OCH3 is 1. The molecule has 0 bridgehead atoms. The molecule has 2 aliphatic rings. The molecule has 4 N–H and O–H groups in total. The Hall–Kier alpha value is -2.61. The average Bonchev–Trinajstić information content (AvgIpc) is 3.57. The number of nitrogens with zero attached hydrogens (tertiary/aromatic N) is 1. The number of nitrogens with one attached hydrogen (secondary N) is 3. The largest absolute Gasteiger partial charge is 0.497 e. The lowest BCUT2D eigenvalue weighted by Gasteiger charge is -2.33. The van der Waals surface area contributed by atoms with Gasteiger partial charge in [-0.2, -0.15) is 31.0 Å². The molecule has 2 saturated heterocycles. The van der Waals surface area contributed by atoms with Gasteiger partial charge in [-0.3, -0.25) is 14.5 Å². The maximum Gasteiger partial charge on any atom is 0.373 e. The molecule has 2 aliphatic heterocycles. The van der Waals surface area contributed by atoms with E-state index in [-0.39, 0.29) is 12.7 Å². The minimum atomic E-state index is -4.02. The molecule has 1 aromatic rings. The molecule has 2 amide bonds. The topological polar surface area (TPSA) is 146 Å². The molecule has 43 heavy (non-hydrogen) atoms. The molecule has 2 fully saturated rings. The van der Waals surface area contributed by atoms with E-state index in [1.165, 1.54) is 5.56 Å². The molecular weight excluding hydrogens is 586 g/mol. The van der Waals surface area contributed by atoms with Gasteiger partial charge in [0.05, 0.1) is 32.4 Å². The number of halogens is 2. The molecule has 14 heteroatoms. The van der Waals surface area contributed by atoms with Crippen molar-refractivity contribution >= 4 is 30.6 Å². The number of ether oxygens (including phenoxy) is 2. The summed E-state index contributed by atoms with van der Waals surface area (Å²) in [5.74, 6) is -4.79. The number of benzene rings is 1. The van der Waals surface area contributed by atoms with E-state index in [1.807, 2.05) is 43.0 Å². The van der Waals surface area contributed by atoms with Crippen molar-refractivity contribution < 1.29 is 42.5 Å². The summed E-state index contributed by atoms with van der Waals surface area (Å²) in [4.78, 5) is 42.5. The predicted octanol–water partition coefficient (Wildman–Crippen LogP) is 1.89. The van der Waals surface area contributed by atoms with Crippen LogP contribution in [0.3, 0.4) is 0 Å². The molecule has 2 heterocycles. The first-order chi connectivity index (χ1) is 20.5. The molecule has 0 radical (unpaired) electrons. The molecule has 246 valence electrons. The second-order valence-corrected chi connectivity index (χ2v) is 10.1. The Bertz CT molecular complexity index is 916. The Balaban J connectivity index is 0.000000971. The van der Waals surface area contributed by atoms with Crippen molar-refractivity contribution in [2.75, 3.05) is 53.0 Å². The number of thiol groups is 1. The number of hydrogen-bond acceptors (Lipinski definition) is 10. The SMILES string of the molecule is CC.CC(C)[C@H](NC(=O)C1CCCN1)C(O)C(F)(F)C(=O)NCCN1CCOCC1.COc1ccc(CS)cc1.O=C=O. The lowest BCUT2D eigenvalue weighted by atomic mass is 9.93. The fourth-order valence-electron chi connectivity index (χ4n) is 4.14. The smallest absolute Gasteiger partial charge is 0.373 e. The van der Waals surface area contributed by atoms with Crippen molar-refractivity contribution in [1.29, 1.82) is 0 Å². The fraction of sp³-hybridized carbons (Fsp3) is 0.690. The van der Waals surface area contributed by atoms with Gasteiger partial charge >= 0.3 is 12.1 Å². The van der Waals surface area contributed by atoms with Gasteiger partial charge in [-0.05, 0) is 43.0 Å². The van der Waals surface area contributed by atoms with Crippen LogP contribution < -0.4 is 20.7 Å². The normalized spacial score (nSPS) is 17.8. The molecule has 3 rings (SSSR count). The third kappa shape index (κ3) is 15.1. The zero-order valence-electron chi connectivity index (χ0n) is 25.7. The van der Waals surface area contributed by atoms with E-state index >= 15 is 0 Å². The highest BCUT2D eigenvalue weighted by atomic mass is 32.1. The maximum atomic E-state index is 14.6. The van der Waals surface area contributed by atoms with Crippen molar-refractivity contribution in [2.24, 2.45) is 5.92 Å². The summed E-state index contributed by atoms with van der Waals surface area (Å²) >= 11 is 4.13. The minimum Gasteiger partial charge on any atom is -0.497 e. The van der Waals surface area contributed by atoms with E-state index in [0.29, 0.717) is 45.8 Å². The zero-order chi connectivity index (χ0) is 32.8. The van der Waals surface area contributed by atoms with Gasteiger partial charge in [-0.25, -0.2) is 0 Å². The van der Waals surface area contributed by atoms with Gasteiger partial charge in [0.15, 0.2) is 0 Å². The van der Waals surface area contributed by atoms with Gasteiger partial charge in [-0.15, -0.1) is 0 Å². The minimum absolute atomic E-state index is 0.0475. The zero-order valence-corrected chi connectivity index (χ0v) is 26.6. The first kappa shape index (κ1) is 40.4. The predicted molar refractivity (Wildman–Crippen MR) is 161 cm³/mol. The van der Waals surface area contributed by atoms with Crippen LogP contribution in [-0.4, -0.2) is 105 Å². The van der Waals surface area contributed by atoms with Crippen LogP contribution in [-0.2, 0) is 29.7 Å². The first-order valence-corrected chi connectivity index (χ1v) is 15.1. The highest BCUT2D eigenvalue weighted by Gasteiger charge is 2.51. The summed E-state index contributed by atoms with van der Waals surface area (Å²) in [6.45, 7) is 10.9. The highest BCUT2D eigenvalue weighted by molar-refractivity contribution is 7.79. The van der Waals surface area contributed by atoms with Crippen molar-refractivity contribution in [3.63, 3.8) is 0 Å². The van der Waals surface area contributed by atoms with E-state index in [9.17, 15) is 23.5 Å². The van der Waals surface area contributed by atoms with Crippen molar-refractivity contribution in [2.45, 2.75) is 70.4 Å². The quantitative estimate of drug-likeness (QED) is 0.231. The number of aliphatic hydroxyl groups excluding tert-OH is 1. The molecule has 0 aromatic heterocycles. The maximum absolute atomic E-state index is 14.6. The molecule has 2 unspecified atom stereocenters. The molecule has 3 atom stereocenters. The number of morpholine rings is 1. The lowest BCUT2D eigenvalue weighted by molar-refractivity contribution is -0.191. The number of carbonyl (C=O) groups is 2. The monoisotopic (exact) mass is 634 g/mol. The lowest BCUT2D eigenvalue weighted by Crippen LogP contribution is -2.61. The van der Waals surface area contributed by atoms with Crippen LogP contribution in [0.15, 0.2) is 24.3 Å². The van der Waals surface area contributed by atoms with Gasteiger partial charge in [0.2, 0.25) is 5.91 Å². The summed E-state index contributed by atoms with van der Waals surface area (Å²) in [5, 5.41) is 17.9. The Morgan fingerprint density at radius 1 is 1.21 bits per heavy atom. The highest BCUT2D eigenvalue weighted by Crippen LogP contribution is 2.25. The number of aliphatic hydroxyl groups is 1. The van der Waals surface area contributed by atoms with Crippen LogP contribution in [0.1, 0.15) is 46.1 Å². The molecule has 1 aromatic carbocycles. The van der Waals surface area contributed by atoms with Gasteiger partial charge in [0.25, 0.3) is 5.91 Å². The van der Waals surface area contributed by atoms with Crippen molar-refractivity contribution in [3.8, 4) is 5.75 Å². The van der Waals surface area contributed by atoms with Crippen LogP contribution in [0.5, 0.6) is 5.75 Å². The van der Waals surface area contributed by atoms with Gasteiger partial charge < -0.3 is 30.5 Å². The number of alkyl halides is 2. The molecule has 0 spiro atoms. The number of rotatable bonds is 11. The molecule has 11 nitrogen and oxygen atoms in total. The molecule has 0 saturated carbocycles. The Morgan fingerprint density at radius 3 is 2.26 bits per heavy atom. The standard InChI is InChI=1S/C18H32F2N4O4.C8H10OS.C2H6.CO2/c1-12(2)14(23-16(26)13-4-3-5-21-13)15(25)18(19,20)17(27)22-6-7-24-8-10-28-11-9-24;1-9-8-4-2-7(6-10)3-5-8;1-2;2-1-3/h12-15,21,25H,3-11H2,1-2H3,(H,22,27)(H,23,26);2-5,10H,6H2,1H3;1-2H3;/t13?,14-,15?;;;/m0.../s1. The summed E-state index contributed by atoms with van der Waals surface area (Å²) in [6, 6.07) is 6.19.